The van der Waals surface area contributed by atoms with E-state index in [9.17, 15) is 8.42 Å². The summed E-state index contributed by atoms with van der Waals surface area (Å²) in [4.78, 5) is 2.14. The van der Waals surface area contributed by atoms with Crippen LogP contribution in [0.2, 0.25) is 0 Å². The Morgan fingerprint density at radius 1 is 1.20 bits per heavy atom. The van der Waals surface area contributed by atoms with Gasteiger partial charge in [0.2, 0.25) is 0 Å². The number of hydrogen-bond acceptors (Lipinski definition) is 4. The van der Waals surface area contributed by atoms with E-state index in [1.54, 1.807) is 26.1 Å². The Labute approximate surface area is 119 Å². The second kappa shape index (κ2) is 5.16. The minimum atomic E-state index is -3.60. The molecule has 0 fully saturated rings. The Morgan fingerprint density at radius 2 is 1.80 bits per heavy atom. The summed E-state index contributed by atoms with van der Waals surface area (Å²) in [5, 5.41) is 4.05. The summed E-state index contributed by atoms with van der Waals surface area (Å²) >= 11 is 0. The number of rotatable bonds is 4. The summed E-state index contributed by atoms with van der Waals surface area (Å²) < 4.78 is 28.6. The van der Waals surface area contributed by atoms with Gasteiger partial charge in [-0.15, -0.1) is 0 Å². The van der Waals surface area contributed by atoms with E-state index in [1.165, 1.54) is 10.9 Å². The van der Waals surface area contributed by atoms with Crippen LogP contribution < -0.4 is 9.62 Å². The van der Waals surface area contributed by atoms with Gasteiger partial charge in [-0.25, -0.2) is 8.42 Å². The van der Waals surface area contributed by atoms with Crippen molar-refractivity contribution in [3.8, 4) is 0 Å². The number of anilines is 2. The van der Waals surface area contributed by atoms with Crippen molar-refractivity contribution in [1.29, 1.82) is 0 Å². The van der Waals surface area contributed by atoms with Crippen molar-refractivity contribution in [2.24, 2.45) is 7.05 Å². The van der Waals surface area contributed by atoms with Gasteiger partial charge in [-0.2, -0.15) is 5.10 Å². The molecule has 1 aromatic heterocycles. The molecule has 0 unspecified atom stereocenters. The van der Waals surface area contributed by atoms with Crippen molar-refractivity contribution in [3.63, 3.8) is 0 Å². The summed E-state index contributed by atoms with van der Waals surface area (Å²) in [6.45, 7) is 1.67. The summed E-state index contributed by atoms with van der Waals surface area (Å²) in [7, 11) is 1.95. The molecule has 7 heteroatoms. The number of sulfonamides is 1. The van der Waals surface area contributed by atoms with Crippen LogP contribution in [0.3, 0.4) is 0 Å². The van der Waals surface area contributed by atoms with Crippen molar-refractivity contribution >= 4 is 21.4 Å². The summed E-state index contributed by atoms with van der Waals surface area (Å²) in [6.07, 6.45) is 1.49. The highest BCUT2D eigenvalue weighted by Gasteiger charge is 2.19. The van der Waals surface area contributed by atoms with Gasteiger partial charge in [0.05, 0.1) is 5.69 Å². The van der Waals surface area contributed by atoms with Crippen LogP contribution >= 0.6 is 0 Å². The summed E-state index contributed by atoms with van der Waals surface area (Å²) in [6, 6.07) is 7.18. The summed E-state index contributed by atoms with van der Waals surface area (Å²) in [5.74, 6) is 0. The molecule has 6 nitrogen and oxygen atoms in total. The Hall–Kier alpha value is -2.02. The Bertz CT molecular complexity index is 702. The Balaban J connectivity index is 2.26. The van der Waals surface area contributed by atoms with Gasteiger partial charge in [0, 0.05) is 38.7 Å². The van der Waals surface area contributed by atoms with Crippen LogP contribution in [0.1, 0.15) is 5.69 Å². The van der Waals surface area contributed by atoms with E-state index in [4.69, 9.17) is 0 Å². The highest BCUT2D eigenvalue weighted by atomic mass is 32.2. The highest BCUT2D eigenvalue weighted by molar-refractivity contribution is 7.92. The first-order valence-electron chi connectivity index (χ1n) is 6.10. The lowest BCUT2D eigenvalue weighted by molar-refractivity contribution is 0.600. The van der Waals surface area contributed by atoms with E-state index in [0.29, 0.717) is 11.4 Å². The maximum Gasteiger partial charge on any atom is 0.265 e. The molecule has 1 aromatic carbocycles. The molecule has 2 rings (SSSR count). The number of hydrogen-bond donors (Lipinski definition) is 1. The number of benzene rings is 1. The van der Waals surface area contributed by atoms with E-state index in [0.717, 1.165) is 5.69 Å². The van der Waals surface area contributed by atoms with Crippen LogP contribution in [0.15, 0.2) is 35.4 Å². The lowest BCUT2D eigenvalue weighted by Gasteiger charge is -2.13. The molecular weight excluding hydrogens is 276 g/mol. The van der Waals surface area contributed by atoms with Crippen LogP contribution in [0.5, 0.6) is 0 Å². The zero-order valence-electron chi connectivity index (χ0n) is 12.0. The van der Waals surface area contributed by atoms with Gasteiger partial charge < -0.3 is 4.90 Å². The number of aryl methyl sites for hydroxylation is 2. The third-order valence-corrected chi connectivity index (χ3v) is 4.38. The van der Waals surface area contributed by atoms with E-state index in [-0.39, 0.29) is 4.90 Å². The minimum Gasteiger partial charge on any atom is -0.378 e. The fourth-order valence-electron chi connectivity index (χ4n) is 1.88. The molecule has 1 heterocycles. The molecule has 0 aliphatic heterocycles. The van der Waals surface area contributed by atoms with Crippen LogP contribution in [0.4, 0.5) is 11.4 Å². The van der Waals surface area contributed by atoms with Crippen LogP contribution in [0, 0.1) is 6.92 Å². The molecule has 0 saturated heterocycles. The third-order valence-electron chi connectivity index (χ3n) is 2.89. The second-order valence-corrected chi connectivity index (χ2v) is 6.45. The number of nitrogens with one attached hydrogen (secondary N) is 1. The predicted molar refractivity (Wildman–Crippen MR) is 79.5 cm³/mol. The third kappa shape index (κ3) is 2.93. The zero-order valence-corrected chi connectivity index (χ0v) is 12.8. The average molecular weight is 294 g/mol. The van der Waals surface area contributed by atoms with E-state index < -0.39 is 10.0 Å². The monoisotopic (exact) mass is 294 g/mol. The van der Waals surface area contributed by atoms with Crippen LogP contribution in [-0.2, 0) is 17.1 Å². The van der Waals surface area contributed by atoms with Crippen molar-refractivity contribution in [2.75, 3.05) is 23.7 Å². The zero-order chi connectivity index (χ0) is 14.9. The molecule has 20 heavy (non-hydrogen) atoms. The standard InChI is InChI=1S/C13H18N4O2S/c1-10-13(9-17(4)14-10)20(18,19)15-11-5-7-12(8-6-11)16(2)3/h5-9,15H,1-4H3. The van der Waals surface area contributed by atoms with E-state index in [1.807, 2.05) is 31.1 Å². The van der Waals surface area contributed by atoms with E-state index >= 15 is 0 Å². The molecule has 1 N–H and O–H groups in total. The van der Waals surface area contributed by atoms with Crippen molar-refractivity contribution < 1.29 is 8.42 Å². The van der Waals surface area contributed by atoms with Gasteiger partial charge in [0.15, 0.2) is 0 Å². The molecule has 108 valence electrons. The Morgan fingerprint density at radius 3 is 2.25 bits per heavy atom. The quantitative estimate of drug-likeness (QED) is 0.930. The van der Waals surface area contributed by atoms with Gasteiger partial charge in [0.1, 0.15) is 4.90 Å². The van der Waals surface area contributed by atoms with Crippen molar-refractivity contribution in [1.82, 2.24) is 9.78 Å². The SMILES string of the molecule is Cc1nn(C)cc1S(=O)(=O)Nc1ccc(N(C)C)cc1. The average Bonchev–Trinajstić information content (AvgIpc) is 2.69. The molecule has 0 saturated carbocycles. The van der Waals surface area contributed by atoms with Gasteiger partial charge in [-0.05, 0) is 31.2 Å². The van der Waals surface area contributed by atoms with Gasteiger partial charge in [0.25, 0.3) is 10.0 Å². The number of nitrogens with zero attached hydrogens (tertiary/aromatic N) is 3. The first kappa shape index (κ1) is 14.4. The molecule has 0 aliphatic rings. The fraction of sp³-hybridized carbons (Fsp3) is 0.308. The van der Waals surface area contributed by atoms with Crippen molar-refractivity contribution in [3.05, 3.63) is 36.2 Å². The molecule has 0 amide bonds. The molecule has 0 spiro atoms. The molecule has 0 bridgehead atoms. The highest BCUT2D eigenvalue weighted by Crippen LogP contribution is 2.20. The van der Waals surface area contributed by atoms with Gasteiger partial charge >= 0.3 is 0 Å². The minimum absolute atomic E-state index is 0.191. The predicted octanol–water partition coefficient (Wildman–Crippen LogP) is 1.60. The molecule has 2 aromatic rings. The van der Waals surface area contributed by atoms with Crippen molar-refractivity contribution in [2.45, 2.75) is 11.8 Å². The normalized spacial score (nSPS) is 11.4. The largest absolute Gasteiger partial charge is 0.378 e. The Kier molecular flexibility index (Phi) is 3.71. The van der Waals surface area contributed by atoms with Crippen LogP contribution in [-0.4, -0.2) is 32.3 Å². The molecule has 0 aliphatic carbocycles. The lowest BCUT2D eigenvalue weighted by Crippen LogP contribution is -2.14. The first-order valence-corrected chi connectivity index (χ1v) is 7.58. The second-order valence-electron chi connectivity index (χ2n) is 4.80. The topological polar surface area (TPSA) is 67.2 Å². The first-order chi connectivity index (χ1) is 9.29. The molecular formula is C13H18N4O2S. The van der Waals surface area contributed by atoms with Gasteiger partial charge in [-0.1, -0.05) is 0 Å². The summed E-state index contributed by atoms with van der Waals surface area (Å²) in [5.41, 5.74) is 2.01. The number of aromatic nitrogens is 2. The smallest absolute Gasteiger partial charge is 0.265 e. The molecule has 0 radical (unpaired) electrons. The molecule has 0 atom stereocenters. The van der Waals surface area contributed by atoms with E-state index in [2.05, 4.69) is 9.82 Å². The lowest BCUT2D eigenvalue weighted by atomic mass is 10.3. The van der Waals surface area contributed by atoms with Crippen LogP contribution in [0.25, 0.3) is 0 Å². The maximum absolute atomic E-state index is 12.3. The maximum atomic E-state index is 12.3. The van der Waals surface area contributed by atoms with Gasteiger partial charge in [-0.3, -0.25) is 9.40 Å². The fourth-order valence-corrected chi connectivity index (χ4v) is 3.16.